The van der Waals surface area contributed by atoms with Crippen LogP contribution in [-0.4, -0.2) is 29.7 Å². The van der Waals surface area contributed by atoms with Gasteiger partial charge in [0.15, 0.2) is 0 Å². The van der Waals surface area contributed by atoms with Crippen LogP contribution in [0.1, 0.15) is 36.2 Å². The molecule has 1 aromatic rings. The van der Waals surface area contributed by atoms with Gasteiger partial charge in [-0.3, -0.25) is 4.79 Å². The van der Waals surface area contributed by atoms with Crippen molar-refractivity contribution in [3.05, 3.63) is 35.4 Å². The number of carbonyl (C=O) groups is 2. The van der Waals surface area contributed by atoms with Crippen molar-refractivity contribution in [3.8, 4) is 0 Å². The molecule has 0 saturated carbocycles. The van der Waals surface area contributed by atoms with Gasteiger partial charge in [0.1, 0.15) is 0 Å². The Hall–Kier alpha value is -1.88. The van der Waals surface area contributed by atoms with Gasteiger partial charge in [-0.1, -0.05) is 12.1 Å². The topological polar surface area (TPSA) is 75.6 Å². The van der Waals surface area contributed by atoms with E-state index >= 15 is 0 Å². The number of ether oxygens (including phenoxy) is 1. The largest absolute Gasteiger partial charge is 0.478 e. The first kappa shape index (κ1) is 15.2. The number of carboxylic acid groups (broad SMARTS) is 1. The molecule has 0 saturated heterocycles. The van der Waals surface area contributed by atoms with Crippen molar-refractivity contribution >= 4 is 11.9 Å². The van der Waals surface area contributed by atoms with Crippen LogP contribution in [0.25, 0.3) is 0 Å². The summed E-state index contributed by atoms with van der Waals surface area (Å²) in [6, 6.07) is 6.40. The standard InChI is InChI=1S/C14H19NO4/c1-14(2,19-3)8-12(16)15-9-10-4-6-11(7-5-10)13(17)18/h4-7H,8-9H2,1-3H3,(H,15,16)(H,17,18). The summed E-state index contributed by atoms with van der Waals surface area (Å²) in [5.41, 5.74) is 0.598. The van der Waals surface area contributed by atoms with Crippen LogP contribution < -0.4 is 5.32 Å². The number of amides is 1. The zero-order chi connectivity index (χ0) is 14.5. The molecule has 0 aliphatic carbocycles. The Morgan fingerprint density at radius 1 is 1.26 bits per heavy atom. The molecule has 5 nitrogen and oxygen atoms in total. The van der Waals surface area contributed by atoms with E-state index in [1.54, 1.807) is 19.2 Å². The highest BCUT2D eigenvalue weighted by atomic mass is 16.5. The number of nitrogens with one attached hydrogen (secondary N) is 1. The first-order chi connectivity index (χ1) is 8.84. The SMILES string of the molecule is COC(C)(C)CC(=O)NCc1ccc(C(=O)O)cc1. The van der Waals surface area contributed by atoms with E-state index in [0.717, 1.165) is 5.56 Å². The van der Waals surface area contributed by atoms with Crippen LogP contribution in [0.5, 0.6) is 0 Å². The Bertz CT molecular complexity index is 451. The van der Waals surface area contributed by atoms with Crippen molar-refractivity contribution in [2.24, 2.45) is 0 Å². The smallest absolute Gasteiger partial charge is 0.335 e. The highest BCUT2D eigenvalue weighted by Crippen LogP contribution is 2.12. The van der Waals surface area contributed by atoms with E-state index in [9.17, 15) is 9.59 Å². The second kappa shape index (κ2) is 6.33. The molecule has 5 heteroatoms. The summed E-state index contributed by atoms with van der Waals surface area (Å²) in [7, 11) is 1.57. The molecule has 1 aromatic carbocycles. The number of aromatic carboxylic acids is 1. The molecule has 0 unspecified atom stereocenters. The fraction of sp³-hybridized carbons (Fsp3) is 0.429. The van der Waals surface area contributed by atoms with Crippen LogP contribution in [0.4, 0.5) is 0 Å². The van der Waals surface area contributed by atoms with Gasteiger partial charge < -0.3 is 15.2 Å². The van der Waals surface area contributed by atoms with E-state index in [4.69, 9.17) is 9.84 Å². The number of hydrogen-bond acceptors (Lipinski definition) is 3. The lowest BCUT2D eigenvalue weighted by atomic mass is 10.0. The van der Waals surface area contributed by atoms with Gasteiger partial charge >= 0.3 is 5.97 Å². The minimum Gasteiger partial charge on any atom is -0.478 e. The van der Waals surface area contributed by atoms with Gasteiger partial charge in [0.2, 0.25) is 5.91 Å². The van der Waals surface area contributed by atoms with Crippen molar-refractivity contribution in [2.45, 2.75) is 32.4 Å². The molecule has 0 radical (unpaired) electrons. The Kier molecular flexibility index (Phi) is 5.06. The number of rotatable bonds is 6. The van der Waals surface area contributed by atoms with Crippen LogP contribution in [0.3, 0.4) is 0 Å². The summed E-state index contributed by atoms with van der Waals surface area (Å²) in [6.07, 6.45) is 0.275. The molecular formula is C14H19NO4. The molecule has 0 atom stereocenters. The van der Waals surface area contributed by atoms with Crippen molar-refractivity contribution in [1.29, 1.82) is 0 Å². The van der Waals surface area contributed by atoms with E-state index < -0.39 is 11.6 Å². The molecule has 0 spiro atoms. The molecule has 1 amide bonds. The van der Waals surface area contributed by atoms with Gasteiger partial charge in [-0.05, 0) is 31.5 Å². The average molecular weight is 265 g/mol. The summed E-state index contributed by atoms with van der Waals surface area (Å²) in [5.74, 6) is -1.06. The van der Waals surface area contributed by atoms with E-state index in [1.807, 2.05) is 13.8 Å². The third kappa shape index (κ3) is 5.09. The first-order valence-corrected chi connectivity index (χ1v) is 5.98. The van der Waals surface area contributed by atoms with Gasteiger partial charge in [0.25, 0.3) is 0 Å². The minimum atomic E-state index is -0.961. The van der Waals surface area contributed by atoms with Gasteiger partial charge in [0.05, 0.1) is 17.6 Å². The first-order valence-electron chi connectivity index (χ1n) is 5.98. The average Bonchev–Trinajstić information content (AvgIpc) is 2.36. The maximum Gasteiger partial charge on any atom is 0.335 e. The van der Waals surface area contributed by atoms with E-state index in [-0.39, 0.29) is 17.9 Å². The number of hydrogen-bond donors (Lipinski definition) is 2. The molecule has 0 bridgehead atoms. The Labute approximate surface area is 112 Å². The number of benzene rings is 1. The van der Waals surface area contributed by atoms with Crippen LogP contribution in [0.2, 0.25) is 0 Å². The van der Waals surface area contributed by atoms with Crippen LogP contribution in [0.15, 0.2) is 24.3 Å². The molecule has 2 N–H and O–H groups in total. The van der Waals surface area contributed by atoms with Gasteiger partial charge in [-0.15, -0.1) is 0 Å². The molecule has 0 aliphatic rings. The minimum absolute atomic E-state index is 0.103. The Morgan fingerprint density at radius 3 is 2.32 bits per heavy atom. The lowest BCUT2D eigenvalue weighted by molar-refractivity contribution is -0.126. The van der Waals surface area contributed by atoms with Crippen LogP contribution in [0, 0.1) is 0 Å². The normalized spacial score (nSPS) is 11.1. The number of carbonyl (C=O) groups excluding carboxylic acids is 1. The molecule has 19 heavy (non-hydrogen) atoms. The van der Waals surface area contributed by atoms with Gasteiger partial charge in [-0.2, -0.15) is 0 Å². The third-order valence-corrected chi connectivity index (χ3v) is 2.83. The molecule has 104 valence electrons. The monoisotopic (exact) mass is 265 g/mol. The zero-order valence-electron chi connectivity index (χ0n) is 11.4. The fourth-order valence-corrected chi connectivity index (χ4v) is 1.49. The third-order valence-electron chi connectivity index (χ3n) is 2.83. The van der Waals surface area contributed by atoms with Crippen molar-refractivity contribution in [3.63, 3.8) is 0 Å². The van der Waals surface area contributed by atoms with Crippen molar-refractivity contribution in [2.75, 3.05) is 7.11 Å². The second-order valence-corrected chi connectivity index (χ2v) is 4.92. The van der Waals surface area contributed by atoms with Crippen LogP contribution >= 0.6 is 0 Å². The molecule has 0 aliphatic heterocycles. The van der Waals surface area contributed by atoms with Gasteiger partial charge in [-0.25, -0.2) is 4.79 Å². The Balaban J connectivity index is 2.48. The summed E-state index contributed by atoms with van der Waals surface area (Å²) in [6.45, 7) is 4.06. The highest BCUT2D eigenvalue weighted by Gasteiger charge is 2.20. The van der Waals surface area contributed by atoms with Crippen molar-refractivity contribution in [1.82, 2.24) is 5.32 Å². The highest BCUT2D eigenvalue weighted by molar-refractivity contribution is 5.87. The summed E-state index contributed by atoms with van der Waals surface area (Å²) >= 11 is 0. The zero-order valence-corrected chi connectivity index (χ0v) is 11.4. The maximum absolute atomic E-state index is 11.7. The van der Waals surface area contributed by atoms with Crippen LogP contribution in [-0.2, 0) is 16.1 Å². The van der Waals surface area contributed by atoms with E-state index in [1.165, 1.54) is 12.1 Å². The number of carboxylic acids is 1. The second-order valence-electron chi connectivity index (χ2n) is 4.92. The predicted octanol–water partition coefficient (Wildman–Crippen LogP) is 1.82. The predicted molar refractivity (Wildman–Crippen MR) is 71.0 cm³/mol. The quantitative estimate of drug-likeness (QED) is 0.822. The number of methoxy groups -OCH3 is 1. The summed E-state index contributed by atoms with van der Waals surface area (Å²) in [5, 5.41) is 11.5. The fourth-order valence-electron chi connectivity index (χ4n) is 1.49. The molecule has 0 fully saturated rings. The maximum atomic E-state index is 11.7. The van der Waals surface area contributed by atoms with E-state index in [0.29, 0.717) is 6.54 Å². The molecule has 1 rings (SSSR count). The van der Waals surface area contributed by atoms with Gasteiger partial charge in [0, 0.05) is 13.7 Å². The summed E-state index contributed by atoms with van der Waals surface area (Å²) in [4.78, 5) is 22.4. The lowest BCUT2D eigenvalue weighted by Crippen LogP contribution is -2.33. The van der Waals surface area contributed by atoms with Crippen molar-refractivity contribution < 1.29 is 19.4 Å². The lowest BCUT2D eigenvalue weighted by Gasteiger charge is -2.21. The molecule has 0 aromatic heterocycles. The molecule has 0 heterocycles. The summed E-state index contributed by atoms with van der Waals surface area (Å²) < 4.78 is 5.18. The Morgan fingerprint density at radius 2 is 1.84 bits per heavy atom. The molecular weight excluding hydrogens is 246 g/mol. The van der Waals surface area contributed by atoms with E-state index in [2.05, 4.69) is 5.32 Å².